The van der Waals surface area contributed by atoms with Crippen LogP contribution < -0.4 is 5.32 Å². The largest absolute Gasteiger partial charge is 0.360 e. The van der Waals surface area contributed by atoms with E-state index in [1.165, 1.54) is 18.2 Å². The van der Waals surface area contributed by atoms with Gasteiger partial charge < -0.3 is 9.84 Å². The minimum atomic E-state index is -0.489. The van der Waals surface area contributed by atoms with Crippen LogP contribution in [0, 0.1) is 12.7 Å². The van der Waals surface area contributed by atoms with Crippen LogP contribution in [-0.2, 0) is 0 Å². The zero-order chi connectivity index (χ0) is 18.7. The van der Waals surface area contributed by atoms with Gasteiger partial charge in [0, 0.05) is 18.1 Å². The van der Waals surface area contributed by atoms with E-state index in [4.69, 9.17) is 27.7 Å². The molecule has 0 radical (unpaired) electrons. The lowest BCUT2D eigenvalue weighted by Gasteiger charge is -2.18. The SMILES string of the molecule is Cc1cc(NC(CC(=O)c2ccc(Cl)c(Cl)c2)c2cccc(F)c2)no1. The van der Waals surface area contributed by atoms with Crippen molar-refractivity contribution in [2.45, 2.75) is 19.4 Å². The molecule has 0 aliphatic rings. The zero-order valence-corrected chi connectivity index (χ0v) is 15.3. The van der Waals surface area contributed by atoms with Crippen molar-refractivity contribution in [2.75, 3.05) is 5.32 Å². The molecule has 1 N–H and O–H groups in total. The van der Waals surface area contributed by atoms with E-state index < -0.39 is 6.04 Å². The molecule has 2 aromatic carbocycles. The van der Waals surface area contributed by atoms with Gasteiger partial charge in [-0.1, -0.05) is 40.5 Å². The van der Waals surface area contributed by atoms with E-state index in [2.05, 4.69) is 10.5 Å². The molecule has 0 saturated heterocycles. The second-order valence-corrected chi connectivity index (χ2v) is 6.65. The summed E-state index contributed by atoms with van der Waals surface area (Å²) in [5.74, 6) is 0.554. The summed E-state index contributed by atoms with van der Waals surface area (Å²) in [7, 11) is 0. The van der Waals surface area contributed by atoms with Crippen molar-refractivity contribution in [2.24, 2.45) is 0 Å². The third-order valence-electron chi connectivity index (χ3n) is 3.83. The van der Waals surface area contributed by atoms with Crippen LogP contribution >= 0.6 is 23.2 Å². The van der Waals surface area contributed by atoms with Crippen LogP contribution in [0.3, 0.4) is 0 Å². The first-order chi connectivity index (χ1) is 12.4. The Hall–Kier alpha value is -2.37. The van der Waals surface area contributed by atoms with Crippen LogP contribution in [0.15, 0.2) is 53.1 Å². The highest BCUT2D eigenvalue weighted by molar-refractivity contribution is 6.42. The van der Waals surface area contributed by atoms with E-state index in [1.54, 1.807) is 37.3 Å². The van der Waals surface area contributed by atoms with E-state index in [9.17, 15) is 9.18 Å². The highest BCUT2D eigenvalue weighted by atomic mass is 35.5. The molecule has 1 aromatic heterocycles. The van der Waals surface area contributed by atoms with Crippen molar-refractivity contribution in [1.29, 1.82) is 0 Å². The number of nitrogens with zero attached hydrogens (tertiary/aromatic N) is 1. The van der Waals surface area contributed by atoms with Gasteiger partial charge in [-0.3, -0.25) is 4.79 Å². The van der Waals surface area contributed by atoms with Crippen molar-refractivity contribution >= 4 is 34.8 Å². The second-order valence-electron chi connectivity index (χ2n) is 5.83. The number of ketones is 1. The summed E-state index contributed by atoms with van der Waals surface area (Å²) in [5.41, 5.74) is 1.05. The molecule has 1 unspecified atom stereocenters. The molecule has 3 rings (SSSR count). The average molecular weight is 393 g/mol. The number of carbonyl (C=O) groups excluding carboxylic acids is 1. The molecule has 0 fully saturated rings. The highest BCUT2D eigenvalue weighted by Gasteiger charge is 2.20. The van der Waals surface area contributed by atoms with Gasteiger partial charge in [-0.25, -0.2) is 4.39 Å². The summed E-state index contributed by atoms with van der Waals surface area (Å²) in [6, 6.07) is 12.0. The van der Waals surface area contributed by atoms with Gasteiger partial charge in [0.25, 0.3) is 0 Å². The number of Topliss-reactive ketones (excluding diaryl/α,β-unsaturated/α-hetero) is 1. The fraction of sp³-hybridized carbons (Fsp3) is 0.158. The molecule has 0 saturated carbocycles. The lowest BCUT2D eigenvalue weighted by Crippen LogP contribution is -2.16. The molecule has 1 heterocycles. The Labute approximate surface area is 159 Å². The average Bonchev–Trinajstić information content (AvgIpc) is 3.01. The molecule has 3 aromatic rings. The summed E-state index contributed by atoms with van der Waals surface area (Å²) >= 11 is 11.9. The second kappa shape index (κ2) is 7.89. The fourth-order valence-corrected chi connectivity index (χ4v) is 2.86. The van der Waals surface area contributed by atoms with Crippen LogP contribution in [0.25, 0.3) is 0 Å². The predicted octanol–water partition coefficient (Wildman–Crippen LogP) is 5.86. The maximum absolute atomic E-state index is 13.6. The third kappa shape index (κ3) is 4.42. The Morgan fingerprint density at radius 3 is 2.65 bits per heavy atom. The Balaban J connectivity index is 1.87. The number of halogens is 3. The van der Waals surface area contributed by atoms with E-state index >= 15 is 0 Å². The summed E-state index contributed by atoms with van der Waals surface area (Å²) < 4.78 is 18.7. The molecule has 7 heteroatoms. The molecule has 0 amide bonds. The molecule has 0 spiro atoms. The predicted molar refractivity (Wildman–Crippen MR) is 99.4 cm³/mol. The van der Waals surface area contributed by atoms with Crippen LogP contribution in [0.5, 0.6) is 0 Å². The lowest BCUT2D eigenvalue weighted by molar-refractivity contribution is 0.0976. The third-order valence-corrected chi connectivity index (χ3v) is 4.57. The number of carbonyl (C=O) groups is 1. The number of anilines is 1. The van der Waals surface area contributed by atoms with Gasteiger partial charge in [0.05, 0.1) is 16.1 Å². The Kier molecular flexibility index (Phi) is 5.59. The smallest absolute Gasteiger partial charge is 0.170 e. The van der Waals surface area contributed by atoms with Crippen LogP contribution in [0.1, 0.15) is 34.1 Å². The molecule has 1 atom stereocenters. The first kappa shape index (κ1) is 18.4. The maximum Gasteiger partial charge on any atom is 0.170 e. The Morgan fingerprint density at radius 2 is 2.00 bits per heavy atom. The van der Waals surface area contributed by atoms with Gasteiger partial charge >= 0.3 is 0 Å². The summed E-state index contributed by atoms with van der Waals surface area (Å²) in [6.07, 6.45) is 0.0767. The minimum Gasteiger partial charge on any atom is -0.360 e. The number of nitrogens with one attached hydrogen (secondary N) is 1. The van der Waals surface area contributed by atoms with Gasteiger partial charge in [0.1, 0.15) is 11.6 Å². The highest BCUT2D eigenvalue weighted by Crippen LogP contribution is 2.27. The molecule has 0 aliphatic carbocycles. The first-order valence-electron chi connectivity index (χ1n) is 7.86. The minimum absolute atomic E-state index is 0.0767. The molecule has 0 aliphatic heterocycles. The standard InChI is InChI=1S/C19H15Cl2FN2O2/c1-11-7-19(24-26-11)23-17(12-3-2-4-14(22)8-12)10-18(25)13-5-6-15(20)16(21)9-13/h2-9,17H,10H2,1H3,(H,23,24). The van der Waals surface area contributed by atoms with Crippen molar-refractivity contribution < 1.29 is 13.7 Å². The number of aryl methyl sites for hydroxylation is 1. The van der Waals surface area contributed by atoms with Gasteiger partial charge in [0.2, 0.25) is 0 Å². The molecular formula is C19H15Cl2FN2O2. The van der Waals surface area contributed by atoms with Crippen molar-refractivity contribution in [3.63, 3.8) is 0 Å². The molecule has 134 valence electrons. The van der Waals surface area contributed by atoms with E-state index in [-0.39, 0.29) is 18.0 Å². The van der Waals surface area contributed by atoms with Gasteiger partial charge in [0.15, 0.2) is 11.6 Å². The van der Waals surface area contributed by atoms with E-state index in [0.29, 0.717) is 32.8 Å². The molecule has 0 bridgehead atoms. The van der Waals surface area contributed by atoms with Crippen molar-refractivity contribution in [3.8, 4) is 0 Å². The van der Waals surface area contributed by atoms with Crippen LogP contribution in [0.2, 0.25) is 10.0 Å². The van der Waals surface area contributed by atoms with Gasteiger partial charge in [-0.15, -0.1) is 0 Å². The van der Waals surface area contributed by atoms with E-state index in [1.807, 2.05) is 0 Å². The van der Waals surface area contributed by atoms with Crippen molar-refractivity contribution in [3.05, 3.63) is 81.3 Å². The molecular weight excluding hydrogens is 378 g/mol. The fourth-order valence-electron chi connectivity index (χ4n) is 2.56. The molecule has 26 heavy (non-hydrogen) atoms. The Bertz CT molecular complexity index is 943. The number of hydrogen-bond donors (Lipinski definition) is 1. The monoisotopic (exact) mass is 392 g/mol. The van der Waals surface area contributed by atoms with Crippen LogP contribution in [-0.4, -0.2) is 10.9 Å². The summed E-state index contributed by atoms with van der Waals surface area (Å²) in [6.45, 7) is 1.76. The molecule has 4 nitrogen and oxygen atoms in total. The van der Waals surface area contributed by atoms with Gasteiger partial charge in [-0.05, 0) is 42.8 Å². The topological polar surface area (TPSA) is 55.1 Å². The maximum atomic E-state index is 13.6. The number of aromatic nitrogens is 1. The quantitative estimate of drug-likeness (QED) is 0.534. The number of rotatable bonds is 6. The Morgan fingerprint density at radius 1 is 1.19 bits per heavy atom. The lowest BCUT2D eigenvalue weighted by atomic mass is 9.97. The van der Waals surface area contributed by atoms with Crippen LogP contribution in [0.4, 0.5) is 10.2 Å². The zero-order valence-electron chi connectivity index (χ0n) is 13.8. The normalized spacial score (nSPS) is 12.0. The first-order valence-corrected chi connectivity index (χ1v) is 8.61. The summed E-state index contributed by atoms with van der Waals surface area (Å²) in [5, 5.41) is 7.68. The van der Waals surface area contributed by atoms with Gasteiger partial charge in [-0.2, -0.15) is 0 Å². The van der Waals surface area contributed by atoms with Crippen molar-refractivity contribution in [1.82, 2.24) is 5.16 Å². The number of benzene rings is 2. The van der Waals surface area contributed by atoms with E-state index in [0.717, 1.165) is 0 Å². The summed E-state index contributed by atoms with van der Waals surface area (Å²) in [4.78, 5) is 12.7. The number of hydrogen-bond acceptors (Lipinski definition) is 4.